The molecule has 1 aliphatic heterocycles. The molecule has 0 saturated carbocycles. The van der Waals surface area contributed by atoms with E-state index in [4.69, 9.17) is 4.52 Å². The van der Waals surface area contributed by atoms with E-state index in [9.17, 15) is 4.57 Å². The van der Waals surface area contributed by atoms with Crippen molar-refractivity contribution in [2.24, 2.45) is 0 Å². The van der Waals surface area contributed by atoms with Crippen molar-refractivity contribution in [2.45, 2.75) is 59.4 Å². The molecule has 1 rings (SSSR count). The highest BCUT2D eigenvalue weighted by molar-refractivity contribution is 7.54. The van der Waals surface area contributed by atoms with Crippen molar-refractivity contribution in [3.8, 4) is 0 Å². The normalized spacial score (nSPS) is 26.8. The third kappa shape index (κ3) is 3.57. The lowest BCUT2D eigenvalue weighted by Crippen LogP contribution is -2.47. The van der Waals surface area contributed by atoms with Crippen LogP contribution in [0.4, 0.5) is 0 Å². The molecule has 1 aliphatic rings. The fourth-order valence-electron chi connectivity index (χ4n) is 2.42. The van der Waals surface area contributed by atoms with E-state index in [0.29, 0.717) is 6.61 Å². The zero-order valence-electron chi connectivity index (χ0n) is 12.6. The summed E-state index contributed by atoms with van der Waals surface area (Å²) in [4.78, 5) is 0. The van der Waals surface area contributed by atoms with Crippen molar-refractivity contribution in [3.05, 3.63) is 0 Å². The number of hydrogen-bond acceptors (Lipinski definition) is 2. The molecule has 1 unspecified atom stereocenters. The van der Waals surface area contributed by atoms with Gasteiger partial charge in [0.1, 0.15) is 0 Å². The summed E-state index contributed by atoms with van der Waals surface area (Å²) in [6.45, 7) is 13.8. The van der Waals surface area contributed by atoms with Gasteiger partial charge in [0.15, 0.2) is 0 Å². The van der Waals surface area contributed by atoms with Gasteiger partial charge in [-0.05, 0) is 40.0 Å². The summed E-state index contributed by atoms with van der Waals surface area (Å²) >= 11 is 0. The van der Waals surface area contributed by atoms with E-state index in [1.807, 2.05) is 0 Å². The molecule has 0 bridgehead atoms. The minimum absolute atomic E-state index is 0.115. The second-order valence-electron chi connectivity index (χ2n) is 5.92. The monoisotopic (exact) mass is 276 g/mol. The highest BCUT2D eigenvalue weighted by Gasteiger charge is 2.45. The largest absolute Gasteiger partial charge is 0.346 e. The van der Waals surface area contributed by atoms with Crippen LogP contribution in [0.5, 0.6) is 0 Å². The van der Waals surface area contributed by atoms with E-state index in [-0.39, 0.29) is 5.54 Å². The van der Waals surface area contributed by atoms with Crippen molar-refractivity contribution in [2.75, 3.05) is 26.2 Å². The van der Waals surface area contributed by atoms with Crippen molar-refractivity contribution >= 4 is 7.67 Å². The van der Waals surface area contributed by atoms with Crippen LogP contribution in [-0.2, 0) is 9.09 Å². The SMILES string of the molecule is CCCN(CCC)P1(=O)OCCCN1C(C)(C)C. The quantitative estimate of drug-likeness (QED) is 0.716. The van der Waals surface area contributed by atoms with Gasteiger partial charge in [-0.1, -0.05) is 13.8 Å². The maximum absolute atomic E-state index is 13.3. The molecule has 0 spiro atoms. The van der Waals surface area contributed by atoms with Gasteiger partial charge in [-0.2, -0.15) is 0 Å². The van der Waals surface area contributed by atoms with E-state index < -0.39 is 7.67 Å². The molecule has 0 amide bonds. The second-order valence-corrected chi connectivity index (χ2v) is 8.21. The summed E-state index contributed by atoms with van der Waals surface area (Å²) < 4.78 is 23.2. The highest BCUT2D eigenvalue weighted by Crippen LogP contribution is 2.59. The molecular formula is C13H29N2O2P. The van der Waals surface area contributed by atoms with Crippen LogP contribution in [0.3, 0.4) is 0 Å². The van der Waals surface area contributed by atoms with Crippen LogP contribution in [0.15, 0.2) is 0 Å². The smallest absolute Gasteiger partial charge is 0.306 e. The van der Waals surface area contributed by atoms with Gasteiger partial charge in [0, 0.05) is 25.2 Å². The fraction of sp³-hybridized carbons (Fsp3) is 1.00. The van der Waals surface area contributed by atoms with E-state index >= 15 is 0 Å². The van der Waals surface area contributed by atoms with Crippen molar-refractivity contribution in [1.82, 2.24) is 9.34 Å². The molecule has 18 heavy (non-hydrogen) atoms. The van der Waals surface area contributed by atoms with Gasteiger partial charge >= 0.3 is 7.67 Å². The summed E-state index contributed by atoms with van der Waals surface area (Å²) in [6.07, 6.45) is 2.98. The molecule has 4 nitrogen and oxygen atoms in total. The van der Waals surface area contributed by atoms with Crippen LogP contribution in [0.25, 0.3) is 0 Å². The number of rotatable bonds is 5. The molecular weight excluding hydrogens is 247 g/mol. The van der Waals surface area contributed by atoms with Gasteiger partial charge in [0.2, 0.25) is 0 Å². The average molecular weight is 276 g/mol. The topological polar surface area (TPSA) is 32.8 Å². The van der Waals surface area contributed by atoms with Gasteiger partial charge in [-0.25, -0.2) is 9.34 Å². The minimum Gasteiger partial charge on any atom is -0.306 e. The van der Waals surface area contributed by atoms with Gasteiger partial charge in [0.05, 0.1) is 6.61 Å². The Labute approximate surface area is 112 Å². The van der Waals surface area contributed by atoms with E-state index in [2.05, 4.69) is 44.0 Å². The first-order valence-electron chi connectivity index (χ1n) is 7.14. The second kappa shape index (κ2) is 6.51. The van der Waals surface area contributed by atoms with Crippen LogP contribution in [0.1, 0.15) is 53.9 Å². The average Bonchev–Trinajstić information content (AvgIpc) is 2.27. The molecule has 0 aliphatic carbocycles. The molecule has 0 aromatic carbocycles. The predicted octanol–water partition coefficient (Wildman–Crippen LogP) is 3.74. The Bertz CT molecular complexity index is 296. The van der Waals surface area contributed by atoms with Crippen LogP contribution in [0, 0.1) is 0 Å². The summed E-state index contributed by atoms with van der Waals surface area (Å²) in [5.41, 5.74) is -0.115. The fourth-order valence-corrected chi connectivity index (χ4v) is 5.46. The Kier molecular flexibility index (Phi) is 5.85. The maximum Gasteiger partial charge on any atom is 0.346 e. The Balaban J connectivity index is 2.99. The third-order valence-corrected chi connectivity index (χ3v) is 6.22. The van der Waals surface area contributed by atoms with Crippen LogP contribution < -0.4 is 0 Å². The maximum atomic E-state index is 13.3. The van der Waals surface area contributed by atoms with Gasteiger partial charge < -0.3 is 4.52 Å². The Morgan fingerprint density at radius 1 is 1.22 bits per heavy atom. The first-order valence-corrected chi connectivity index (χ1v) is 8.67. The summed E-state index contributed by atoms with van der Waals surface area (Å²) in [5, 5.41) is 0. The van der Waals surface area contributed by atoms with Crippen molar-refractivity contribution in [1.29, 1.82) is 0 Å². The molecule has 5 heteroatoms. The van der Waals surface area contributed by atoms with Crippen molar-refractivity contribution in [3.63, 3.8) is 0 Å². The van der Waals surface area contributed by atoms with Crippen LogP contribution >= 0.6 is 7.67 Å². The van der Waals surface area contributed by atoms with Gasteiger partial charge in [-0.15, -0.1) is 0 Å². The summed E-state index contributed by atoms with van der Waals surface area (Å²) in [5.74, 6) is 0. The van der Waals surface area contributed by atoms with Crippen molar-refractivity contribution < 1.29 is 9.09 Å². The lowest BCUT2D eigenvalue weighted by atomic mass is 10.1. The van der Waals surface area contributed by atoms with E-state index in [0.717, 1.165) is 38.9 Å². The Hall–Kier alpha value is 0.110. The lowest BCUT2D eigenvalue weighted by Gasteiger charge is -2.47. The lowest BCUT2D eigenvalue weighted by molar-refractivity contribution is 0.114. The zero-order chi connectivity index (χ0) is 13.8. The standard InChI is InChI=1S/C13H29N2O2P/c1-6-9-14(10-7-2)18(16)15(13(3,4)5)11-8-12-17-18/h6-12H2,1-5H3. The molecule has 0 aromatic heterocycles. The number of hydrogen-bond donors (Lipinski definition) is 0. The number of nitrogens with zero attached hydrogens (tertiary/aromatic N) is 2. The predicted molar refractivity (Wildman–Crippen MR) is 76.8 cm³/mol. The first-order chi connectivity index (χ1) is 8.36. The minimum atomic E-state index is -2.82. The van der Waals surface area contributed by atoms with Gasteiger partial charge in [0.25, 0.3) is 0 Å². The van der Waals surface area contributed by atoms with Crippen LogP contribution in [-0.4, -0.2) is 41.1 Å². The van der Waals surface area contributed by atoms with Crippen LogP contribution in [0.2, 0.25) is 0 Å². The molecule has 0 aromatic rings. The molecule has 108 valence electrons. The molecule has 1 saturated heterocycles. The molecule has 1 atom stereocenters. The Morgan fingerprint density at radius 3 is 2.22 bits per heavy atom. The first kappa shape index (κ1) is 16.2. The molecule has 0 radical (unpaired) electrons. The molecule has 1 heterocycles. The zero-order valence-corrected chi connectivity index (χ0v) is 13.5. The molecule has 0 N–H and O–H groups in total. The third-order valence-electron chi connectivity index (χ3n) is 3.17. The Morgan fingerprint density at radius 2 is 1.78 bits per heavy atom. The van der Waals surface area contributed by atoms with Gasteiger partial charge in [-0.3, -0.25) is 4.57 Å². The summed E-state index contributed by atoms with van der Waals surface area (Å²) in [6, 6.07) is 0. The van der Waals surface area contributed by atoms with E-state index in [1.165, 1.54) is 0 Å². The van der Waals surface area contributed by atoms with E-state index in [1.54, 1.807) is 0 Å². The highest BCUT2D eigenvalue weighted by atomic mass is 31.2. The molecule has 1 fully saturated rings. The summed E-state index contributed by atoms with van der Waals surface area (Å²) in [7, 11) is -2.82.